The maximum atomic E-state index is 12.1. The molecule has 0 unspecified atom stereocenters. The summed E-state index contributed by atoms with van der Waals surface area (Å²) >= 11 is 0.815. The Bertz CT molecular complexity index is 802. The quantitative estimate of drug-likeness (QED) is 0.774. The fourth-order valence-electron chi connectivity index (χ4n) is 1.72. The van der Waals surface area contributed by atoms with E-state index >= 15 is 0 Å². The first-order valence-corrected chi connectivity index (χ1v) is 9.35. The summed E-state index contributed by atoms with van der Waals surface area (Å²) in [6, 6.07) is 6.86. The fourth-order valence-corrected chi connectivity index (χ4v) is 3.96. The van der Waals surface area contributed by atoms with Gasteiger partial charge in [-0.2, -0.15) is 0 Å². The topological polar surface area (TPSA) is 101 Å². The van der Waals surface area contributed by atoms with Crippen molar-refractivity contribution in [3.63, 3.8) is 0 Å². The number of rotatable bonds is 6. The van der Waals surface area contributed by atoms with E-state index < -0.39 is 10.0 Å². The molecule has 1 aromatic carbocycles. The number of benzene rings is 1. The van der Waals surface area contributed by atoms with Crippen LogP contribution in [-0.4, -0.2) is 30.6 Å². The second-order valence-electron chi connectivity index (χ2n) is 5.13. The standard InChI is InChI=1S/C14H18N4O3S2/c1-4-10(3)18-23(20,21)14-17-16-13(22-14)15-12(19)11-7-5-6-9(2)8-11/h5-8,10,18H,4H2,1-3H3,(H,15,16,19)/t10-/m1/s1. The Morgan fingerprint density at radius 2 is 2.09 bits per heavy atom. The van der Waals surface area contributed by atoms with E-state index in [-0.39, 0.29) is 21.4 Å². The van der Waals surface area contributed by atoms with Gasteiger partial charge < -0.3 is 0 Å². The molecular formula is C14H18N4O3S2. The van der Waals surface area contributed by atoms with Crippen molar-refractivity contribution in [3.8, 4) is 0 Å². The van der Waals surface area contributed by atoms with Crippen LogP contribution in [0.25, 0.3) is 0 Å². The molecule has 0 saturated heterocycles. The molecule has 7 nitrogen and oxygen atoms in total. The minimum absolute atomic E-state index is 0.140. The number of sulfonamides is 1. The summed E-state index contributed by atoms with van der Waals surface area (Å²) in [4.78, 5) is 12.1. The van der Waals surface area contributed by atoms with Crippen molar-refractivity contribution in [1.82, 2.24) is 14.9 Å². The molecule has 0 radical (unpaired) electrons. The van der Waals surface area contributed by atoms with Gasteiger partial charge in [-0.3, -0.25) is 10.1 Å². The minimum Gasteiger partial charge on any atom is -0.296 e. The van der Waals surface area contributed by atoms with Gasteiger partial charge >= 0.3 is 0 Å². The molecule has 0 fully saturated rings. The third kappa shape index (κ3) is 4.57. The van der Waals surface area contributed by atoms with E-state index in [1.54, 1.807) is 25.1 Å². The third-order valence-corrected chi connectivity index (χ3v) is 5.90. The van der Waals surface area contributed by atoms with Crippen molar-refractivity contribution in [3.05, 3.63) is 35.4 Å². The van der Waals surface area contributed by atoms with E-state index in [2.05, 4.69) is 20.2 Å². The van der Waals surface area contributed by atoms with Crippen LogP contribution in [0.5, 0.6) is 0 Å². The van der Waals surface area contributed by atoms with Crippen LogP contribution in [0.3, 0.4) is 0 Å². The number of aromatic nitrogens is 2. The van der Waals surface area contributed by atoms with Crippen molar-refractivity contribution in [1.29, 1.82) is 0 Å². The molecule has 9 heteroatoms. The SMILES string of the molecule is CC[C@@H](C)NS(=O)(=O)c1nnc(NC(=O)c2cccc(C)c2)s1. The zero-order valence-electron chi connectivity index (χ0n) is 13.0. The lowest BCUT2D eigenvalue weighted by atomic mass is 10.1. The van der Waals surface area contributed by atoms with Crippen LogP contribution >= 0.6 is 11.3 Å². The lowest BCUT2D eigenvalue weighted by molar-refractivity contribution is 0.102. The molecular weight excluding hydrogens is 336 g/mol. The average molecular weight is 354 g/mol. The maximum Gasteiger partial charge on any atom is 0.270 e. The Kier molecular flexibility index (Phi) is 5.45. The lowest BCUT2D eigenvalue weighted by Crippen LogP contribution is -2.31. The zero-order chi connectivity index (χ0) is 17.0. The molecule has 2 aromatic rings. The number of anilines is 1. The summed E-state index contributed by atoms with van der Waals surface area (Å²) in [5, 5.41) is 10.1. The molecule has 0 saturated carbocycles. The van der Waals surface area contributed by atoms with Crippen molar-refractivity contribution >= 4 is 32.4 Å². The predicted molar refractivity (Wildman–Crippen MR) is 89.1 cm³/mol. The molecule has 23 heavy (non-hydrogen) atoms. The maximum absolute atomic E-state index is 12.1. The normalized spacial score (nSPS) is 12.8. The Balaban J connectivity index is 2.12. The van der Waals surface area contributed by atoms with Gasteiger partial charge in [-0.25, -0.2) is 13.1 Å². The van der Waals surface area contributed by atoms with Crippen LogP contribution in [0, 0.1) is 6.92 Å². The summed E-state index contributed by atoms with van der Waals surface area (Å²) in [6.45, 7) is 5.52. The second kappa shape index (κ2) is 7.16. The van der Waals surface area contributed by atoms with Crippen LogP contribution in [-0.2, 0) is 10.0 Å². The van der Waals surface area contributed by atoms with Gasteiger partial charge in [-0.05, 0) is 32.4 Å². The van der Waals surface area contributed by atoms with E-state index in [9.17, 15) is 13.2 Å². The van der Waals surface area contributed by atoms with Gasteiger partial charge in [-0.1, -0.05) is 36.0 Å². The number of hydrogen-bond acceptors (Lipinski definition) is 6. The molecule has 1 atom stereocenters. The highest BCUT2D eigenvalue weighted by atomic mass is 32.2. The van der Waals surface area contributed by atoms with Gasteiger partial charge in [0.15, 0.2) is 0 Å². The van der Waals surface area contributed by atoms with Crippen molar-refractivity contribution in [2.45, 2.75) is 37.6 Å². The van der Waals surface area contributed by atoms with Gasteiger partial charge in [0.2, 0.25) is 9.47 Å². The highest BCUT2D eigenvalue weighted by Crippen LogP contribution is 2.21. The summed E-state index contributed by atoms with van der Waals surface area (Å²) in [5.74, 6) is -0.358. The van der Waals surface area contributed by atoms with Gasteiger partial charge in [0.25, 0.3) is 15.9 Å². The van der Waals surface area contributed by atoms with Gasteiger partial charge in [0.05, 0.1) is 0 Å². The summed E-state index contributed by atoms with van der Waals surface area (Å²) in [7, 11) is -3.71. The number of amides is 1. The van der Waals surface area contributed by atoms with E-state index in [0.717, 1.165) is 16.9 Å². The molecule has 2 rings (SSSR count). The number of carbonyl (C=O) groups is 1. The van der Waals surface area contributed by atoms with E-state index in [1.807, 2.05) is 19.9 Å². The molecule has 0 aliphatic heterocycles. The lowest BCUT2D eigenvalue weighted by Gasteiger charge is -2.08. The van der Waals surface area contributed by atoms with E-state index in [0.29, 0.717) is 12.0 Å². The zero-order valence-corrected chi connectivity index (χ0v) is 14.7. The molecule has 0 aliphatic carbocycles. The monoisotopic (exact) mass is 354 g/mol. The van der Waals surface area contributed by atoms with Crippen LogP contribution in [0.1, 0.15) is 36.2 Å². The van der Waals surface area contributed by atoms with Crippen LogP contribution in [0.15, 0.2) is 28.6 Å². The first-order valence-electron chi connectivity index (χ1n) is 7.05. The van der Waals surface area contributed by atoms with Gasteiger partial charge in [0.1, 0.15) is 0 Å². The molecule has 2 N–H and O–H groups in total. The molecule has 0 aliphatic rings. The second-order valence-corrected chi connectivity index (χ2v) is 7.99. The Morgan fingerprint density at radius 1 is 1.35 bits per heavy atom. The Morgan fingerprint density at radius 3 is 2.74 bits per heavy atom. The van der Waals surface area contributed by atoms with Gasteiger partial charge in [0, 0.05) is 11.6 Å². The summed E-state index contributed by atoms with van der Waals surface area (Å²) in [5.41, 5.74) is 1.43. The highest BCUT2D eigenvalue weighted by molar-refractivity contribution is 7.91. The van der Waals surface area contributed by atoms with Crippen molar-refractivity contribution in [2.24, 2.45) is 0 Å². The molecule has 1 aromatic heterocycles. The molecule has 0 spiro atoms. The largest absolute Gasteiger partial charge is 0.296 e. The molecule has 1 amide bonds. The molecule has 124 valence electrons. The highest BCUT2D eigenvalue weighted by Gasteiger charge is 2.22. The minimum atomic E-state index is -3.71. The van der Waals surface area contributed by atoms with Crippen LogP contribution in [0.2, 0.25) is 0 Å². The van der Waals surface area contributed by atoms with E-state index in [1.165, 1.54) is 0 Å². The van der Waals surface area contributed by atoms with Crippen molar-refractivity contribution in [2.75, 3.05) is 5.32 Å². The number of hydrogen-bond donors (Lipinski definition) is 2. The number of aryl methyl sites for hydroxylation is 1. The molecule has 0 bridgehead atoms. The predicted octanol–water partition coefficient (Wildman–Crippen LogP) is 2.18. The first kappa shape index (κ1) is 17.5. The van der Waals surface area contributed by atoms with Crippen LogP contribution in [0.4, 0.5) is 5.13 Å². The van der Waals surface area contributed by atoms with Crippen LogP contribution < -0.4 is 10.0 Å². The smallest absolute Gasteiger partial charge is 0.270 e. The van der Waals surface area contributed by atoms with E-state index in [4.69, 9.17) is 0 Å². The number of nitrogens with one attached hydrogen (secondary N) is 2. The van der Waals surface area contributed by atoms with Crippen molar-refractivity contribution < 1.29 is 13.2 Å². The van der Waals surface area contributed by atoms with Gasteiger partial charge in [-0.15, -0.1) is 10.2 Å². The Hall–Kier alpha value is -1.84. The summed E-state index contributed by atoms with van der Waals surface area (Å²) in [6.07, 6.45) is 0.662. The molecule has 1 heterocycles. The summed E-state index contributed by atoms with van der Waals surface area (Å²) < 4.78 is 26.5. The Labute approximate surface area is 139 Å². The number of nitrogens with zero attached hydrogens (tertiary/aromatic N) is 2. The first-order chi connectivity index (χ1) is 10.8. The average Bonchev–Trinajstić information content (AvgIpc) is 2.96. The third-order valence-electron chi connectivity index (χ3n) is 3.11. The fraction of sp³-hybridized carbons (Fsp3) is 0.357. The number of carbonyl (C=O) groups excluding carboxylic acids is 1.